The normalized spacial score (nSPS) is 12.2. The number of nitrogens with two attached hydrogens (primary N) is 1. The van der Waals surface area contributed by atoms with Gasteiger partial charge in [-0.25, -0.2) is 9.97 Å². The first-order valence-corrected chi connectivity index (χ1v) is 5.05. The van der Waals surface area contributed by atoms with E-state index in [0.717, 1.165) is 6.42 Å². The van der Waals surface area contributed by atoms with Gasteiger partial charge in [-0.3, -0.25) is 4.79 Å². The molecule has 1 atom stereocenters. The molecule has 1 aromatic rings. The predicted octanol–water partition coefficient (Wildman–Crippen LogP) is 1.20. The molecule has 0 bridgehead atoms. The highest BCUT2D eigenvalue weighted by Crippen LogP contribution is 2.09. The fourth-order valence-corrected chi connectivity index (χ4v) is 1.21. The van der Waals surface area contributed by atoms with Crippen molar-refractivity contribution in [2.24, 2.45) is 5.73 Å². The second kappa shape index (κ2) is 5.63. The Morgan fingerprint density at radius 2 is 2.40 bits per heavy atom. The summed E-state index contributed by atoms with van der Waals surface area (Å²) in [7, 11) is 0. The molecule has 0 saturated carbocycles. The van der Waals surface area contributed by atoms with E-state index in [9.17, 15) is 4.79 Å². The number of nitrogens with one attached hydrogen (secondary N) is 1. The number of carbonyl (C=O) groups is 1. The summed E-state index contributed by atoms with van der Waals surface area (Å²) < 4.78 is 0. The molecule has 3 N–H and O–H groups in total. The largest absolute Gasteiger partial charge is 0.320 e. The van der Waals surface area contributed by atoms with E-state index in [2.05, 4.69) is 15.3 Å². The van der Waals surface area contributed by atoms with E-state index in [1.807, 2.05) is 6.92 Å². The molecule has 0 unspecified atom stereocenters. The van der Waals surface area contributed by atoms with Crippen LogP contribution in [0, 0.1) is 0 Å². The van der Waals surface area contributed by atoms with E-state index in [-0.39, 0.29) is 11.1 Å². The lowest BCUT2D eigenvalue weighted by Gasteiger charge is -2.10. The quantitative estimate of drug-likeness (QED) is 0.759. The molecule has 82 valence electrons. The van der Waals surface area contributed by atoms with Crippen LogP contribution in [0.3, 0.4) is 0 Å². The predicted molar refractivity (Wildman–Crippen MR) is 58.6 cm³/mol. The molecule has 1 amide bonds. The lowest BCUT2D eigenvalue weighted by Crippen LogP contribution is -2.35. The summed E-state index contributed by atoms with van der Waals surface area (Å²) in [4.78, 5) is 19.0. The van der Waals surface area contributed by atoms with Gasteiger partial charge in [0.15, 0.2) is 0 Å². The molecule has 0 radical (unpaired) electrons. The summed E-state index contributed by atoms with van der Waals surface area (Å²) in [6, 6.07) is 0.960. The molecule has 0 spiro atoms. The summed E-state index contributed by atoms with van der Waals surface area (Å²) in [5, 5.41) is 2.85. The van der Waals surface area contributed by atoms with E-state index in [4.69, 9.17) is 17.3 Å². The maximum absolute atomic E-state index is 11.5. The Morgan fingerprint density at radius 3 is 3.00 bits per heavy atom. The van der Waals surface area contributed by atoms with Gasteiger partial charge in [0.25, 0.3) is 0 Å². The molecule has 0 saturated heterocycles. The van der Waals surface area contributed by atoms with Crippen molar-refractivity contribution >= 4 is 23.3 Å². The fraction of sp³-hybridized carbons (Fsp3) is 0.444. The standard InChI is InChI=1S/C9H13ClN4O/c1-2-3-6(11)9(15)14-8-4-7(10)12-5-13-8/h4-6H,2-3,11H2,1H3,(H,12,13,14,15)/t6-/m1/s1. The monoisotopic (exact) mass is 228 g/mol. The van der Waals surface area contributed by atoms with Crippen LogP contribution < -0.4 is 11.1 Å². The van der Waals surface area contributed by atoms with Crippen LogP contribution in [-0.4, -0.2) is 21.9 Å². The van der Waals surface area contributed by atoms with Gasteiger partial charge in [-0.05, 0) is 6.42 Å². The third-order valence-corrected chi connectivity index (χ3v) is 2.03. The lowest BCUT2D eigenvalue weighted by molar-refractivity contribution is -0.117. The Balaban J connectivity index is 2.58. The summed E-state index contributed by atoms with van der Waals surface area (Å²) in [6.07, 6.45) is 2.78. The molecule has 1 heterocycles. The van der Waals surface area contributed by atoms with Crippen molar-refractivity contribution in [2.45, 2.75) is 25.8 Å². The minimum atomic E-state index is -0.510. The molecule has 0 aliphatic heterocycles. The highest BCUT2D eigenvalue weighted by molar-refractivity contribution is 6.29. The van der Waals surface area contributed by atoms with Gasteiger partial charge in [-0.1, -0.05) is 24.9 Å². The summed E-state index contributed by atoms with van der Waals surface area (Å²) in [6.45, 7) is 1.97. The number of rotatable bonds is 4. The molecular weight excluding hydrogens is 216 g/mol. The number of halogens is 1. The van der Waals surface area contributed by atoms with Gasteiger partial charge in [-0.2, -0.15) is 0 Å². The smallest absolute Gasteiger partial charge is 0.242 e. The van der Waals surface area contributed by atoms with Crippen LogP contribution in [0.25, 0.3) is 0 Å². The van der Waals surface area contributed by atoms with Crippen molar-refractivity contribution in [3.63, 3.8) is 0 Å². The van der Waals surface area contributed by atoms with Crippen molar-refractivity contribution in [2.75, 3.05) is 5.32 Å². The Hall–Kier alpha value is -1.20. The molecule has 0 aliphatic rings. The topological polar surface area (TPSA) is 80.9 Å². The van der Waals surface area contributed by atoms with E-state index in [1.54, 1.807) is 0 Å². The number of hydrogen-bond acceptors (Lipinski definition) is 4. The maximum Gasteiger partial charge on any atom is 0.242 e. The van der Waals surface area contributed by atoms with Crippen LogP contribution in [0.5, 0.6) is 0 Å². The Bertz CT molecular complexity index is 345. The van der Waals surface area contributed by atoms with Crippen LogP contribution in [-0.2, 0) is 4.79 Å². The number of anilines is 1. The van der Waals surface area contributed by atoms with Gasteiger partial charge in [0.05, 0.1) is 6.04 Å². The van der Waals surface area contributed by atoms with Crippen LogP contribution in [0.1, 0.15) is 19.8 Å². The SMILES string of the molecule is CCC[C@@H](N)C(=O)Nc1cc(Cl)ncn1. The van der Waals surface area contributed by atoms with Crippen molar-refractivity contribution in [3.8, 4) is 0 Å². The molecule has 1 aromatic heterocycles. The van der Waals surface area contributed by atoms with Crippen LogP contribution >= 0.6 is 11.6 Å². The Morgan fingerprint density at radius 1 is 1.67 bits per heavy atom. The zero-order chi connectivity index (χ0) is 11.3. The molecule has 0 fully saturated rings. The van der Waals surface area contributed by atoms with Gasteiger partial charge in [0.2, 0.25) is 5.91 Å². The summed E-state index contributed by atoms with van der Waals surface area (Å²) in [5.41, 5.74) is 5.63. The van der Waals surface area contributed by atoms with E-state index < -0.39 is 6.04 Å². The number of aromatic nitrogens is 2. The molecule has 0 aliphatic carbocycles. The number of hydrogen-bond donors (Lipinski definition) is 2. The first kappa shape index (κ1) is 11.9. The first-order valence-electron chi connectivity index (χ1n) is 4.67. The van der Waals surface area contributed by atoms with Gasteiger partial charge in [0.1, 0.15) is 17.3 Å². The molecule has 1 rings (SSSR count). The minimum Gasteiger partial charge on any atom is -0.320 e. The zero-order valence-electron chi connectivity index (χ0n) is 8.40. The number of carbonyl (C=O) groups excluding carboxylic acids is 1. The highest BCUT2D eigenvalue weighted by atomic mass is 35.5. The molecule has 6 heteroatoms. The molecule has 5 nitrogen and oxygen atoms in total. The molecular formula is C9H13ClN4O. The summed E-state index contributed by atoms with van der Waals surface area (Å²) in [5.74, 6) is 0.109. The van der Waals surface area contributed by atoms with Crippen molar-refractivity contribution in [1.82, 2.24) is 9.97 Å². The van der Waals surface area contributed by atoms with Gasteiger partial charge >= 0.3 is 0 Å². The first-order chi connectivity index (χ1) is 7.13. The van der Waals surface area contributed by atoms with Gasteiger partial charge in [-0.15, -0.1) is 0 Å². The Kier molecular flexibility index (Phi) is 4.45. The molecule has 0 aromatic carbocycles. The molecule has 15 heavy (non-hydrogen) atoms. The fourth-order valence-electron chi connectivity index (χ4n) is 1.06. The minimum absolute atomic E-state index is 0.258. The third-order valence-electron chi connectivity index (χ3n) is 1.82. The second-order valence-electron chi connectivity index (χ2n) is 3.11. The third kappa shape index (κ3) is 3.81. The van der Waals surface area contributed by atoms with E-state index in [0.29, 0.717) is 12.2 Å². The second-order valence-corrected chi connectivity index (χ2v) is 3.50. The van der Waals surface area contributed by atoms with Gasteiger partial charge in [0, 0.05) is 6.07 Å². The van der Waals surface area contributed by atoms with Crippen molar-refractivity contribution in [1.29, 1.82) is 0 Å². The van der Waals surface area contributed by atoms with Crippen LogP contribution in [0.15, 0.2) is 12.4 Å². The average Bonchev–Trinajstić information content (AvgIpc) is 2.18. The highest BCUT2D eigenvalue weighted by Gasteiger charge is 2.12. The average molecular weight is 229 g/mol. The van der Waals surface area contributed by atoms with Crippen LogP contribution in [0.4, 0.5) is 5.82 Å². The van der Waals surface area contributed by atoms with Crippen molar-refractivity contribution in [3.05, 3.63) is 17.5 Å². The maximum atomic E-state index is 11.5. The summed E-state index contributed by atoms with van der Waals surface area (Å²) >= 11 is 5.64. The van der Waals surface area contributed by atoms with E-state index in [1.165, 1.54) is 12.4 Å². The zero-order valence-corrected chi connectivity index (χ0v) is 9.16. The van der Waals surface area contributed by atoms with Crippen molar-refractivity contribution < 1.29 is 4.79 Å². The number of nitrogens with zero attached hydrogens (tertiary/aromatic N) is 2. The van der Waals surface area contributed by atoms with Crippen LogP contribution in [0.2, 0.25) is 5.15 Å². The lowest BCUT2D eigenvalue weighted by atomic mass is 10.2. The van der Waals surface area contributed by atoms with Gasteiger partial charge < -0.3 is 11.1 Å². The van der Waals surface area contributed by atoms with E-state index >= 15 is 0 Å². The number of amides is 1. The Labute approximate surface area is 93.0 Å².